The number of hydrogen-bond acceptors (Lipinski definition) is 4. The Morgan fingerprint density at radius 3 is 2.86 bits per heavy atom. The fourth-order valence-corrected chi connectivity index (χ4v) is 1.94. The summed E-state index contributed by atoms with van der Waals surface area (Å²) in [7, 11) is 0. The van der Waals surface area contributed by atoms with E-state index in [0.29, 0.717) is 11.1 Å². The first-order valence-corrected chi connectivity index (χ1v) is 6.17. The predicted octanol–water partition coefficient (Wildman–Crippen LogP) is 2.46. The van der Waals surface area contributed by atoms with Gasteiger partial charge < -0.3 is 14.2 Å². The average Bonchev–Trinajstić information content (AvgIpc) is 2.98. The lowest BCUT2D eigenvalue weighted by Crippen LogP contribution is -2.23. The topological polar surface area (TPSA) is 72.5 Å². The van der Waals surface area contributed by atoms with Crippen molar-refractivity contribution in [3.05, 3.63) is 70.4 Å². The number of furan rings is 1. The van der Waals surface area contributed by atoms with Gasteiger partial charge in [-0.2, -0.15) is 0 Å². The summed E-state index contributed by atoms with van der Waals surface area (Å²) in [5.41, 5.74) is -0.754. The minimum Gasteiger partial charge on any atom is -0.467 e. The number of hydrogen-bond donors (Lipinski definition) is 1. The van der Waals surface area contributed by atoms with Crippen LogP contribution in [0.3, 0.4) is 0 Å². The molecule has 106 valence electrons. The first-order valence-electron chi connectivity index (χ1n) is 6.17. The molecule has 0 aliphatic heterocycles. The Labute approximate surface area is 118 Å². The van der Waals surface area contributed by atoms with Gasteiger partial charge in [0.2, 0.25) is 0 Å². The van der Waals surface area contributed by atoms with Crippen LogP contribution in [0, 0.1) is 5.82 Å². The molecule has 21 heavy (non-hydrogen) atoms. The van der Waals surface area contributed by atoms with Crippen molar-refractivity contribution in [3.63, 3.8) is 0 Å². The molecule has 1 amide bonds. The first kappa shape index (κ1) is 13.1. The molecule has 3 rings (SSSR count). The minimum atomic E-state index is -0.754. The van der Waals surface area contributed by atoms with E-state index in [-0.39, 0.29) is 17.7 Å². The van der Waals surface area contributed by atoms with E-state index in [9.17, 15) is 14.0 Å². The molecule has 1 N–H and O–H groups in total. The van der Waals surface area contributed by atoms with Crippen molar-refractivity contribution in [2.45, 2.75) is 6.54 Å². The fourth-order valence-electron chi connectivity index (χ4n) is 1.94. The lowest BCUT2D eigenvalue weighted by Gasteiger charge is -2.03. The van der Waals surface area contributed by atoms with E-state index in [1.807, 2.05) is 0 Å². The number of benzene rings is 1. The van der Waals surface area contributed by atoms with Crippen molar-refractivity contribution in [1.82, 2.24) is 5.32 Å². The molecule has 0 unspecified atom stereocenters. The zero-order valence-electron chi connectivity index (χ0n) is 10.8. The highest BCUT2D eigenvalue weighted by molar-refractivity contribution is 5.95. The largest absolute Gasteiger partial charge is 0.467 e. The summed E-state index contributed by atoms with van der Waals surface area (Å²) in [6, 6.07) is 8.52. The second-order valence-corrected chi connectivity index (χ2v) is 4.39. The Morgan fingerprint density at radius 2 is 2.10 bits per heavy atom. The highest BCUT2D eigenvalue weighted by Crippen LogP contribution is 2.14. The average molecular weight is 287 g/mol. The molecule has 2 heterocycles. The number of carbonyl (C=O) groups excluding carboxylic acids is 1. The lowest BCUT2D eigenvalue weighted by atomic mass is 10.1. The summed E-state index contributed by atoms with van der Waals surface area (Å²) in [6.45, 7) is 0.178. The van der Waals surface area contributed by atoms with Crippen molar-refractivity contribution in [2.24, 2.45) is 0 Å². The fraction of sp³-hybridized carbons (Fsp3) is 0.0667. The Morgan fingerprint density at radius 1 is 1.24 bits per heavy atom. The maximum atomic E-state index is 13.1. The van der Waals surface area contributed by atoms with Gasteiger partial charge in [0.15, 0.2) is 5.76 Å². The quantitative estimate of drug-likeness (QED) is 0.803. The van der Waals surface area contributed by atoms with E-state index >= 15 is 0 Å². The minimum absolute atomic E-state index is 0.0950. The molecular weight excluding hydrogens is 277 g/mol. The maximum Gasteiger partial charge on any atom is 0.344 e. The molecule has 0 bridgehead atoms. The molecule has 5 nitrogen and oxygen atoms in total. The number of carbonyl (C=O) groups is 1. The van der Waals surface area contributed by atoms with E-state index in [1.54, 1.807) is 12.1 Å². The van der Waals surface area contributed by atoms with Crippen molar-refractivity contribution < 1.29 is 18.0 Å². The van der Waals surface area contributed by atoms with Crippen LogP contribution in [-0.4, -0.2) is 5.91 Å². The van der Waals surface area contributed by atoms with Gasteiger partial charge in [-0.15, -0.1) is 0 Å². The maximum absolute atomic E-state index is 13.1. The van der Waals surface area contributed by atoms with Crippen molar-refractivity contribution >= 4 is 16.7 Å². The van der Waals surface area contributed by atoms with Crippen LogP contribution >= 0.6 is 0 Å². The van der Waals surface area contributed by atoms with E-state index in [2.05, 4.69) is 5.32 Å². The van der Waals surface area contributed by atoms with Crippen molar-refractivity contribution in [3.8, 4) is 0 Å². The van der Waals surface area contributed by atoms with E-state index in [0.717, 1.165) is 6.07 Å². The predicted molar refractivity (Wildman–Crippen MR) is 72.3 cm³/mol. The van der Waals surface area contributed by atoms with Crippen LogP contribution in [0.1, 0.15) is 16.3 Å². The van der Waals surface area contributed by atoms with Crippen LogP contribution in [-0.2, 0) is 6.54 Å². The number of nitrogens with one attached hydrogen (secondary N) is 1. The summed E-state index contributed by atoms with van der Waals surface area (Å²) in [6.07, 6.45) is 1.49. The molecule has 6 heteroatoms. The zero-order valence-corrected chi connectivity index (χ0v) is 10.8. The number of halogens is 1. The van der Waals surface area contributed by atoms with Crippen LogP contribution < -0.4 is 10.9 Å². The molecular formula is C15H10FNO4. The number of fused-ring (bicyclic) bond motifs is 1. The SMILES string of the molecule is O=C(NCc1ccco1)c1cc2ccc(F)cc2c(=O)o1. The standard InChI is InChI=1S/C15H10FNO4/c16-10-4-3-9-6-13(21-15(19)12(9)7-10)14(18)17-8-11-2-1-5-20-11/h1-7H,8H2,(H,17,18). The van der Waals surface area contributed by atoms with Gasteiger partial charge in [-0.3, -0.25) is 4.79 Å². The van der Waals surface area contributed by atoms with Gasteiger partial charge in [0.1, 0.15) is 11.6 Å². The third-order valence-corrected chi connectivity index (χ3v) is 2.95. The number of amides is 1. The van der Waals surface area contributed by atoms with Gasteiger partial charge >= 0.3 is 5.63 Å². The van der Waals surface area contributed by atoms with E-state index in [1.165, 1.54) is 24.5 Å². The highest BCUT2D eigenvalue weighted by atomic mass is 19.1. The monoisotopic (exact) mass is 287 g/mol. The molecule has 0 saturated carbocycles. The van der Waals surface area contributed by atoms with Crippen molar-refractivity contribution in [1.29, 1.82) is 0 Å². The van der Waals surface area contributed by atoms with Gasteiger partial charge in [0, 0.05) is 0 Å². The summed E-state index contributed by atoms with van der Waals surface area (Å²) < 4.78 is 23.1. The molecule has 0 aliphatic rings. The normalized spacial score (nSPS) is 10.7. The Kier molecular flexibility index (Phi) is 3.27. The number of rotatable bonds is 3. The lowest BCUT2D eigenvalue weighted by molar-refractivity contribution is 0.0916. The summed E-state index contributed by atoms with van der Waals surface area (Å²) in [5.74, 6) is -0.640. The van der Waals surface area contributed by atoms with Gasteiger partial charge in [-0.05, 0) is 35.7 Å². The van der Waals surface area contributed by atoms with Gasteiger partial charge in [-0.25, -0.2) is 9.18 Å². The third-order valence-electron chi connectivity index (χ3n) is 2.95. The van der Waals surface area contributed by atoms with E-state index < -0.39 is 17.3 Å². The molecule has 1 aromatic carbocycles. The van der Waals surface area contributed by atoms with Gasteiger partial charge in [0.25, 0.3) is 5.91 Å². The Hall–Kier alpha value is -2.89. The Balaban J connectivity index is 1.88. The molecule has 2 aromatic heterocycles. The first-order chi connectivity index (χ1) is 10.1. The van der Waals surface area contributed by atoms with Crippen LogP contribution in [0.5, 0.6) is 0 Å². The molecule has 0 aliphatic carbocycles. The Bertz CT molecular complexity index is 852. The molecule has 3 aromatic rings. The van der Waals surface area contributed by atoms with Crippen LogP contribution in [0.25, 0.3) is 10.8 Å². The summed E-state index contributed by atoms with van der Waals surface area (Å²) >= 11 is 0. The van der Waals surface area contributed by atoms with Crippen molar-refractivity contribution in [2.75, 3.05) is 0 Å². The molecule has 0 radical (unpaired) electrons. The van der Waals surface area contributed by atoms with Crippen LogP contribution in [0.15, 0.2) is 56.3 Å². The molecule has 0 fully saturated rings. The summed E-state index contributed by atoms with van der Waals surface area (Å²) in [4.78, 5) is 23.7. The molecule has 0 atom stereocenters. The zero-order chi connectivity index (χ0) is 14.8. The smallest absolute Gasteiger partial charge is 0.344 e. The molecule has 0 saturated heterocycles. The van der Waals surface area contributed by atoms with Gasteiger partial charge in [-0.1, -0.05) is 6.07 Å². The van der Waals surface area contributed by atoms with Gasteiger partial charge in [0.05, 0.1) is 18.2 Å². The van der Waals surface area contributed by atoms with Crippen LogP contribution in [0.2, 0.25) is 0 Å². The van der Waals surface area contributed by atoms with Crippen LogP contribution in [0.4, 0.5) is 4.39 Å². The summed E-state index contributed by atoms with van der Waals surface area (Å²) in [5, 5.41) is 3.10. The highest BCUT2D eigenvalue weighted by Gasteiger charge is 2.12. The molecule has 0 spiro atoms. The second-order valence-electron chi connectivity index (χ2n) is 4.39. The second kappa shape index (κ2) is 5.24. The third kappa shape index (κ3) is 2.69. The van der Waals surface area contributed by atoms with E-state index in [4.69, 9.17) is 8.83 Å².